The third kappa shape index (κ3) is 2.48. The van der Waals surface area contributed by atoms with Crippen LogP contribution in [0.25, 0.3) is 0 Å². The summed E-state index contributed by atoms with van der Waals surface area (Å²) in [4.78, 5) is 11.6. The summed E-state index contributed by atoms with van der Waals surface area (Å²) in [6.45, 7) is 3.08. The summed E-state index contributed by atoms with van der Waals surface area (Å²) in [5.74, 6) is 2.77. The van der Waals surface area contributed by atoms with Crippen molar-refractivity contribution in [1.82, 2.24) is 5.32 Å². The number of allylic oxidation sites excluding steroid dienone is 1. The molecule has 1 saturated heterocycles. The standard InChI is InChI=1S/C11H17NO2S/c1-2-14-11(13)8-5-9-7-15-4-3-10(9)12-6-8/h3,8-9,12H,2,4-7H2,1H3. The number of rotatable bonds is 2. The van der Waals surface area contributed by atoms with E-state index in [9.17, 15) is 4.79 Å². The smallest absolute Gasteiger partial charge is 0.310 e. The van der Waals surface area contributed by atoms with Gasteiger partial charge in [-0.05, 0) is 13.3 Å². The Morgan fingerprint density at radius 2 is 2.60 bits per heavy atom. The first-order chi connectivity index (χ1) is 7.31. The van der Waals surface area contributed by atoms with Gasteiger partial charge in [0, 0.05) is 29.7 Å². The minimum atomic E-state index is -0.0420. The molecule has 2 atom stereocenters. The van der Waals surface area contributed by atoms with Crippen LogP contribution in [0.15, 0.2) is 11.8 Å². The van der Waals surface area contributed by atoms with Gasteiger partial charge in [-0.1, -0.05) is 6.08 Å². The van der Waals surface area contributed by atoms with Crippen molar-refractivity contribution in [3.63, 3.8) is 0 Å². The van der Waals surface area contributed by atoms with E-state index in [2.05, 4.69) is 11.4 Å². The SMILES string of the molecule is CCOC(=O)C1CNC2=CCSCC2C1. The second kappa shape index (κ2) is 4.92. The fraction of sp³-hybridized carbons (Fsp3) is 0.727. The molecule has 0 aromatic rings. The molecule has 0 saturated carbocycles. The second-order valence-electron chi connectivity index (χ2n) is 3.96. The van der Waals surface area contributed by atoms with Gasteiger partial charge in [0.1, 0.15) is 0 Å². The molecule has 4 heteroatoms. The number of fused-ring (bicyclic) bond motifs is 1. The third-order valence-electron chi connectivity index (χ3n) is 2.92. The minimum Gasteiger partial charge on any atom is -0.466 e. The molecule has 2 unspecified atom stereocenters. The van der Waals surface area contributed by atoms with Gasteiger partial charge < -0.3 is 10.1 Å². The molecule has 0 aromatic carbocycles. The topological polar surface area (TPSA) is 38.3 Å². The fourth-order valence-electron chi connectivity index (χ4n) is 2.13. The van der Waals surface area contributed by atoms with Gasteiger partial charge in [-0.25, -0.2) is 0 Å². The zero-order valence-corrected chi connectivity index (χ0v) is 9.81. The molecule has 15 heavy (non-hydrogen) atoms. The number of nitrogens with one attached hydrogen (secondary N) is 1. The van der Waals surface area contributed by atoms with E-state index in [0.717, 1.165) is 24.5 Å². The predicted molar refractivity (Wildman–Crippen MR) is 61.6 cm³/mol. The Hall–Kier alpha value is -0.640. The maximum Gasteiger partial charge on any atom is 0.310 e. The Kier molecular flexibility index (Phi) is 3.57. The lowest BCUT2D eigenvalue weighted by molar-refractivity contribution is -0.148. The van der Waals surface area contributed by atoms with E-state index in [-0.39, 0.29) is 11.9 Å². The summed E-state index contributed by atoms with van der Waals surface area (Å²) in [5.41, 5.74) is 1.34. The molecule has 1 N–H and O–H groups in total. The van der Waals surface area contributed by atoms with Gasteiger partial charge in [0.15, 0.2) is 0 Å². The van der Waals surface area contributed by atoms with Crippen LogP contribution in [0.4, 0.5) is 0 Å². The molecule has 0 amide bonds. The number of hydrogen-bond donors (Lipinski definition) is 1. The Labute approximate surface area is 94.6 Å². The third-order valence-corrected chi connectivity index (χ3v) is 3.96. The lowest BCUT2D eigenvalue weighted by Crippen LogP contribution is -2.40. The van der Waals surface area contributed by atoms with E-state index in [0.29, 0.717) is 12.5 Å². The van der Waals surface area contributed by atoms with Crippen LogP contribution < -0.4 is 5.32 Å². The first kappa shape index (κ1) is 10.9. The van der Waals surface area contributed by atoms with Crippen LogP contribution >= 0.6 is 11.8 Å². The van der Waals surface area contributed by atoms with Crippen molar-refractivity contribution in [2.45, 2.75) is 13.3 Å². The lowest BCUT2D eigenvalue weighted by atomic mass is 9.88. The van der Waals surface area contributed by atoms with Gasteiger partial charge in [0.2, 0.25) is 0 Å². The first-order valence-corrected chi connectivity index (χ1v) is 6.65. The van der Waals surface area contributed by atoms with E-state index in [1.807, 2.05) is 18.7 Å². The van der Waals surface area contributed by atoms with Crippen LogP contribution in [0.1, 0.15) is 13.3 Å². The number of esters is 1. The molecule has 1 fully saturated rings. The lowest BCUT2D eigenvalue weighted by Gasteiger charge is -2.33. The molecule has 0 aromatic heterocycles. The molecule has 0 aliphatic carbocycles. The Balaban J connectivity index is 1.94. The van der Waals surface area contributed by atoms with E-state index in [1.54, 1.807) is 0 Å². The molecular weight excluding hydrogens is 210 g/mol. The Bertz CT molecular complexity index is 278. The predicted octanol–water partition coefficient (Wildman–Crippen LogP) is 1.41. The monoisotopic (exact) mass is 227 g/mol. The van der Waals surface area contributed by atoms with E-state index in [1.165, 1.54) is 5.70 Å². The number of hydrogen-bond acceptors (Lipinski definition) is 4. The molecule has 2 heterocycles. The van der Waals surface area contributed by atoms with Crippen LogP contribution in [-0.4, -0.2) is 30.6 Å². The van der Waals surface area contributed by atoms with Crippen LogP contribution in [-0.2, 0) is 9.53 Å². The number of carbonyl (C=O) groups is 1. The quantitative estimate of drug-likeness (QED) is 0.724. The molecule has 3 nitrogen and oxygen atoms in total. The molecule has 84 valence electrons. The summed E-state index contributed by atoms with van der Waals surface area (Å²) < 4.78 is 5.06. The van der Waals surface area contributed by atoms with Crippen LogP contribution in [0.3, 0.4) is 0 Å². The molecule has 0 bridgehead atoms. The van der Waals surface area contributed by atoms with Crippen molar-refractivity contribution < 1.29 is 9.53 Å². The zero-order chi connectivity index (χ0) is 10.7. The summed E-state index contributed by atoms with van der Waals surface area (Å²) in [5, 5.41) is 3.36. The normalized spacial score (nSPS) is 29.8. The van der Waals surface area contributed by atoms with Crippen molar-refractivity contribution in [2.24, 2.45) is 11.8 Å². The number of carbonyl (C=O) groups excluding carboxylic acids is 1. The second-order valence-corrected chi connectivity index (χ2v) is 5.03. The van der Waals surface area contributed by atoms with Crippen molar-refractivity contribution in [1.29, 1.82) is 0 Å². The molecule has 2 aliphatic heterocycles. The molecule has 2 aliphatic rings. The van der Waals surface area contributed by atoms with Gasteiger partial charge >= 0.3 is 5.97 Å². The van der Waals surface area contributed by atoms with Crippen molar-refractivity contribution in [2.75, 3.05) is 24.7 Å². The summed E-state index contributed by atoms with van der Waals surface area (Å²) in [6, 6.07) is 0. The molecule has 0 spiro atoms. The number of ether oxygens (including phenoxy) is 1. The van der Waals surface area contributed by atoms with Crippen molar-refractivity contribution in [3.8, 4) is 0 Å². The van der Waals surface area contributed by atoms with Gasteiger partial charge in [-0.3, -0.25) is 4.79 Å². The maximum atomic E-state index is 11.6. The van der Waals surface area contributed by atoms with Crippen molar-refractivity contribution in [3.05, 3.63) is 11.8 Å². The molecular formula is C11H17NO2S. The summed E-state index contributed by atoms with van der Waals surface area (Å²) in [7, 11) is 0. The van der Waals surface area contributed by atoms with Gasteiger partial charge in [-0.15, -0.1) is 0 Å². The largest absolute Gasteiger partial charge is 0.466 e. The summed E-state index contributed by atoms with van der Waals surface area (Å²) >= 11 is 1.94. The van der Waals surface area contributed by atoms with Crippen LogP contribution in [0.2, 0.25) is 0 Å². The average Bonchev–Trinajstić information content (AvgIpc) is 2.29. The van der Waals surface area contributed by atoms with Gasteiger partial charge in [0.05, 0.1) is 12.5 Å². The average molecular weight is 227 g/mol. The number of thioether (sulfide) groups is 1. The van der Waals surface area contributed by atoms with Gasteiger partial charge in [-0.2, -0.15) is 11.8 Å². The van der Waals surface area contributed by atoms with E-state index >= 15 is 0 Å². The van der Waals surface area contributed by atoms with Crippen LogP contribution in [0.5, 0.6) is 0 Å². The minimum absolute atomic E-state index is 0.0420. The van der Waals surface area contributed by atoms with Crippen molar-refractivity contribution >= 4 is 17.7 Å². The van der Waals surface area contributed by atoms with E-state index in [4.69, 9.17) is 4.74 Å². The fourth-order valence-corrected chi connectivity index (χ4v) is 3.17. The highest BCUT2D eigenvalue weighted by atomic mass is 32.2. The summed E-state index contributed by atoms with van der Waals surface area (Å²) in [6.07, 6.45) is 3.20. The zero-order valence-electron chi connectivity index (χ0n) is 8.99. The molecule has 0 radical (unpaired) electrons. The van der Waals surface area contributed by atoms with Crippen LogP contribution in [0, 0.1) is 11.8 Å². The first-order valence-electron chi connectivity index (χ1n) is 5.49. The highest BCUT2D eigenvalue weighted by Gasteiger charge is 2.31. The molecule has 2 rings (SSSR count). The number of piperidine rings is 1. The highest BCUT2D eigenvalue weighted by molar-refractivity contribution is 7.99. The van der Waals surface area contributed by atoms with Gasteiger partial charge in [0.25, 0.3) is 0 Å². The Morgan fingerprint density at radius 3 is 3.40 bits per heavy atom. The Morgan fingerprint density at radius 1 is 1.73 bits per heavy atom. The van der Waals surface area contributed by atoms with E-state index < -0.39 is 0 Å². The maximum absolute atomic E-state index is 11.6. The highest BCUT2D eigenvalue weighted by Crippen LogP contribution is 2.31.